The number of hydrogen-bond acceptors (Lipinski definition) is 2. The Bertz CT molecular complexity index is 470. The zero-order chi connectivity index (χ0) is 13.0. The molecule has 4 heteroatoms. The van der Waals surface area contributed by atoms with Gasteiger partial charge in [-0.3, -0.25) is 0 Å². The molecule has 0 saturated heterocycles. The fraction of sp³-hybridized carbons (Fsp3) is 0.571. The molecular weight excluding hydrogens is 246 g/mol. The largest absolute Gasteiger partial charge is 0.216 e. The minimum absolute atomic E-state index is 0.0804. The van der Waals surface area contributed by atoms with E-state index in [9.17, 15) is 8.42 Å². The highest BCUT2D eigenvalue weighted by Crippen LogP contribution is 2.24. The van der Waals surface area contributed by atoms with Crippen LogP contribution in [0.25, 0.3) is 0 Å². The molecule has 2 atom stereocenters. The fourth-order valence-electron chi connectivity index (χ4n) is 2.56. The van der Waals surface area contributed by atoms with Crippen molar-refractivity contribution in [2.45, 2.75) is 44.4 Å². The molecule has 1 aromatic rings. The lowest BCUT2D eigenvalue weighted by Crippen LogP contribution is -2.41. The van der Waals surface area contributed by atoms with Crippen molar-refractivity contribution in [2.24, 2.45) is 5.92 Å². The molecule has 1 fully saturated rings. The van der Waals surface area contributed by atoms with Gasteiger partial charge < -0.3 is 0 Å². The molecule has 3 nitrogen and oxygen atoms in total. The van der Waals surface area contributed by atoms with Gasteiger partial charge in [-0.05, 0) is 24.3 Å². The molecule has 1 saturated carbocycles. The van der Waals surface area contributed by atoms with E-state index in [0.29, 0.717) is 5.92 Å². The van der Waals surface area contributed by atoms with Gasteiger partial charge in [-0.15, -0.1) is 0 Å². The molecule has 0 aromatic heterocycles. The Hall–Kier alpha value is -0.870. The van der Waals surface area contributed by atoms with Crippen LogP contribution in [0.1, 0.15) is 38.2 Å². The van der Waals surface area contributed by atoms with Crippen molar-refractivity contribution in [1.82, 2.24) is 4.72 Å². The van der Waals surface area contributed by atoms with E-state index >= 15 is 0 Å². The number of rotatable bonds is 4. The summed E-state index contributed by atoms with van der Waals surface area (Å²) < 4.78 is 27.1. The van der Waals surface area contributed by atoms with Crippen molar-refractivity contribution in [3.63, 3.8) is 0 Å². The average Bonchev–Trinajstić information content (AvgIpc) is 2.32. The van der Waals surface area contributed by atoms with Crippen LogP contribution in [0.3, 0.4) is 0 Å². The Balaban J connectivity index is 1.99. The molecule has 0 radical (unpaired) electrons. The SMILES string of the molecule is C[C@H]1CCCC[C@H]1NS(=O)(=O)Cc1ccccc1. The van der Waals surface area contributed by atoms with Gasteiger partial charge in [0.15, 0.2) is 0 Å². The van der Waals surface area contributed by atoms with Crippen molar-refractivity contribution in [1.29, 1.82) is 0 Å². The van der Waals surface area contributed by atoms with Gasteiger partial charge in [0.2, 0.25) is 10.0 Å². The lowest BCUT2D eigenvalue weighted by Gasteiger charge is -2.29. The maximum Gasteiger partial charge on any atom is 0.216 e. The number of sulfonamides is 1. The van der Waals surface area contributed by atoms with Crippen LogP contribution in [0.5, 0.6) is 0 Å². The predicted octanol–water partition coefficient (Wildman–Crippen LogP) is 2.68. The summed E-state index contributed by atoms with van der Waals surface area (Å²) in [6.07, 6.45) is 4.44. The van der Waals surface area contributed by atoms with Gasteiger partial charge in [0.25, 0.3) is 0 Å². The van der Waals surface area contributed by atoms with Gasteiger partial charge in [-0.1, -0.05) is 50.1 Å². The zero-order valence-corrected chi connectivity index (χ0v) is 11.6. The van der Waals surface area contributed by atoms with E-state index < -0.39 is 10.0 Å². The summed E-state index contributed by atoms with van der Waals surface area (Å²) in [5.41, 5.74) is 0.841. The van der Waals surface area contributed by atoms with Crippen molar-refractivity contribution >= 4 is 10.0 Å². The van der Waals surface area contributed by atoms with Crippen molar-refractivity contribution in [2.75, 3.05) is 0 Å². The monoisotopic (exact) mass is 267 g/mol. The summed E-state index contributed by atoms with van der Waals surface area (Å²) in [4.78, 5) is 0. The normalized spacial score (nSPS) is 24.9. The van der Waals surface area contributed by atoms with Crippen LogP contribution >= 0.6 is 0 Å². The molecule has 1 aliphatic rings. The van der Waals surface area contributed by atoms with E-state index in [1.807, 2.05) is 30.3 Å². The van der Waals surface area contributed by atoms with Crippen LogP contribution in [-0.4, -0.2) is 14.5 Å². The Morgan fingerprint density at radius 2 is 1.83 bits per heavy atom. The van der Waals surface area contributed by atoms with Gasteiger partial charge in [0, 0.05) is 6.04 Å². The lowest BCUT2D eigenvalue weighted by molar-refractivity contribution is 0.310. The van der Waals surface area contributed by atoms with E-state index in [-0.39, 0.29) is 11.8 Å². The first-order valence-corrected chi connectivity index (χ1v) is 8.26. The molecule has 0 bridgehead atoms. The summed E-state index contributed by atoms with van der Waals surface area (Å²) in [5.74, 6) is 0.529. The maximum absolute atomic E-state index is 12.1. The van der Waals surface area contributed by atoms with Crippen LogP contribution in [0, 0.1) is 5.92 Å². The summed E-state index contributed by atoms with van der Waals surface area (Å²) >= 11 is 0. The molecule has 100 valence electrons. The molecule has 0 aliphatic heterocycles. The first-order valence-electron chi connectivity index (χ1n) is 6.61. The number of benzene rings is 1. The number of nitrogens with one attached hydrogen (secondary N) is 1. The van der Waals surface area contributed by atoms with E-state index in [1.54, 1.807) is 0 Å². The highest BCUT2D eigenvalue weighted by Gasteiger charge is 2.25. The summed E-state index contributed by atoms with van der Waals surface area (Å²) in [6, 6.07) is 9.45. The lowest BCUT2D eigenvalue weighted by atomic mass is 9.87. The smallest absolute Gasteiger partial charge is 0.212 e. The Kier molecular flexibility index (Phi) is 4.40. The Morgan fingerprint density at radius 3 is 2.50 bits per heavy atom. The molecule has 18 heavy (non-hydrogen) atoms. The van der Waals surface area contributed by atoms with Gasteiger partial charge in [0.05, 0.1) is 5.75 Å². The zero-order valence-electron chi connectivity index (χ0n) is 10.8. The molecule has 1 aromatic carbocycles. The first kappa shape index (κ1) is 13.6. The van der Waals surface area contributed by atoms with E-state index in [0.717, 1.165) is 24.8 Å². The van der Waals surface area contributed by atoms with E-state index in [1.165, 1.54) is 6.42 Å². The second-order valence-corrected chi connectivity index (χ2v) is 6.98. The van der Waals surface area contributed by atoms with Gasteiger partial charge in [-0.2, -0.15) is 0 Å². The third-order valence-corrected chi connectivity index (χ3v) is 5.02. The molecule has 2 rings (SSSR count). The quantitative estimate of drug-likeness (QED) is 0.911. The van der Waals surface area contributed by atoms with Crippen molar-refractivity contribution in [3.05, 3.63) is 35.9 Å². The number of hydrogen-bond donors (Lipinski definition) is 1. The highest BCUT2D eigenvalue weighted by atomic mass is 32.2. The second-order valence-electron chi connectivity index (χ2n) is 5.23. The molecular formula is C14H21NO2S. The van der Waals surface area contributed by atoms with Crippen molar-refractivity contribution in [3.8, 4) is 0 Å². The van der Waals surface area contributed by atoms with E-state index in [4.69, 9.17) is 0 Å². The second kappa shape index (κ2) is 5.85. The standard InChI is InChI=1S/C14H21NO2S/c1-12-7-5-6-10-14(12)15-18(16,17)11-13-8-3-2-4-9-13/h2-4,8-9,12,14-15H,5-7,10-11H2,1H3/t12-,14+/m0/s1. The molecule has 0 amide bonds. The third kappa shape index (κ3) is 3.82. The predicted molar refractivity (Wildman–Crippen MR) is 73.6 cm³/mol. The molecule has 1 aliphatic carbocycles. The topological polar surface area (TPSA) is 46.2 Å². The molecule has 0 unspecified atom stereocenters. The van der Waals surface area contributed by atoms with Crippen LogP contribution in [-0.2, 0) is 15.8 Å². The summed E-state index contributed by atoms with van der Waals surface area (Å²) in [5, 5.41) is 0. The average molecular weight is 267 g/mol. The minimum Gasteiger partial charge on any atom is -0.212 e. The van der Waals surface area contributed by atoms with E-state index in [2.05, 4.69) is 11.6 Å². The van der Waals surface area contributed by atoms with Crippen LogP contribution in [0.2, 0.25) is 0 Å². The van der Waals surface area contributed by atoms with Crippen LogP contribution in [0.4, 0.5) is 0 Å². The third-order valence-electron chi connectivity index (χ3n) is 3.64. The van der Waals surface area contributed by atoms with Crippen LogP contribution < -0.4 is 4.72 Å². The minimum atomic E-state index is -3.22. The van der Waals surface area contributed by atoms with Crippen LogP contribution in [0.15, 0.2) is 30.3 Å². The first-order chi connectivity index (χ1) is 8.57. The Labute approximate surface area is 110 Å². The van der Waals surface area contributed by atoms with Gasteiger partial charge in [0.1, 0.15) is 0 Å². The maximum atomic E-state index is 12.1. The summed E-state index contributed by atoms with van der Waals surface area (Å²) in [7, 11) is -3.22. The Morgan fingerprint density at radius 1 is 1.17 bits per heavy atom. The highest BCUT2D eigenvalue weighted by molar-refractivity contribution is 7.88. The molecule has 0 heterocycles. The summed E-state index contributed by atoms with van der Waals surface area (Å²) in [6.45, 7) is 2.13. The fourth-order valence-corrected chi connectivity index (χ4v) is 4.08. The molecule has 1 N–H and O–H groups in total. The molecule has 0 spiro atoms. The van der Waals surface area contributed by atoms with Gasteiger partial charge >= 0.3 is 0 Å². The van der Waals surface area contributed by atoms with Crippen molar-refractivity contribution < 1.29 is 8.42 Å². The van der Waals surface area contributed by atoms with Gasteiger partial charge in [-0.25, -0.2) is 13.1 Å².